The summed E-state index contributed by atoms with van der Waals surface area (Å²) in [5.74, 6) is 1.21. The number of aromatic nitrogens is 3. The molecule has 0 unspecified atom stereocenters. The predicted octanol–water partition coefficient (Wildman–Crippen LogP) is 1.77. The molecule has 13 heavy (non-hydrogen) atoms. The number of hydrogen-bond donors (Lipinski definition) is 0. The first-order chi connectivity index (χ1) is 6.45. The zero-order chi connectivity index (χ0) is 8.67. The van der Waals surface area contributed by atoms with Gasteiger partial charge in [-0.2, -0.15) is 0 Å². The summed E-state index contributed by atoms with van der Waals surface area (Å²) in [5, 5.41) is 0. The molecule has 0 bridgehead atoms. The second-order valence-electron chi connectivity index (χ2n) is 3.48. The summed E-state index contributed by atoms with van der Waals surface area (Å²) in [6, 6.07) is 3.98. The van der Waals surface area contributed by atoms with Crippen LogP contribution < -0.4 is 0 Å². The second-order valence-corrected chi connectivity index (χ2v) is 3.48. The minimum Gasteiger partial charge on any atom is -0.313 e. The fraction of sp³-hybridized carbons (Fsp3) is 0.400. The molecule has 1 aliphatic rings. The first-order valence-corrected chi connectivity index (χ1v) is 4.75. The summed E-state index contributed by atoms with van der Waals surface area (Å²) in [6.45, 7) is 1.09. The van der Waals surface area contributed by atoms with Crippen LogP contribution >= 0.6 is 0 Å². The molecular formula is C10H11N3. The van der Waals surface area contributed by atoms with Gasteiger partial charge in [-0.15, -0.1) is 0 Å². The summed E-state index contributed by atoms with van der Waals surface area (Å²) in [7, 11) is 0. The number of hydrogen-bond acceptors (Lipinski definition) is 2. The van der Waals surface area contributed by atoms with E-state index in [9.17, 15) is 0 Å². The second kappa shape index (κ2) is 2.55. The van der Waals surface area contributed by atoms with E-state index in [0.717, 1.165) is 24.1 Å². The topological polar surface area (TPSA) is 30.7 Å². The zero-order valence-electron chi connectivity index (χ0n) is 7.40. The van der Waals surface area contributed by atoms with Gasteiger partial charge in [-0.3, -0.25) is 0 Å². The predicted molar refractivity (Wildman–Crippen MR) is 50.5 cm³/mol. The van der Waals surface area contributed by atoms with Gasteiger partial charge in [0.2, 0.25) is 0 Å². The van der Waals surface area contributed by atoms with Crippen LogP contribution in [0, 0.1) is 0 Å². The van der Waals surface area contributed by atoms with Gasteiger partial charge in [0, 0.05) is 19.2 Å². The highest BCUT2D eigenvalue weighted by Crippen LogP contribution is 2.19. The Morgan fingerprint density at radius 3 is 3.31 bits per heavy atom. The summed E-state index contributed by atoms with van der Waals surface area (Å²) in [4.78, 5) is 8.91. The quantitative estimate of drug-likeness (QED) is 0.607. The van der Waals surface area contributed by atoms with Gasteiger partial charge in [-0.25, -0.2) is 9.97 Å². The number of fused-ring (bicyclic) bond motifs is 3. The third-order valence-electron chi connectivity index (χ3n) is 2.61. The van der Waals surface area contributed by atoms with Gasteiger partial charge in [0.05, 0.1) is 0 Å². The molecular weight excluding hydrogens is 162 g/mol. The van der Waals surface area contributed by atoms with Crippen LogP contribution in [0.5, 0.6) is 0 Å². The van der Waals surface area contributed by atoms with Crippen molar-refractivity contribution in [2.24, 2.45) is 0 Å². The van der Waals surface area contributed by atoms with Crippen molar-refractivity contribution in [3.05, 3.63) is 24.2 Å². The third-order valence-corrected chi connectivity index (χ3v) is 2.61. The van der Waals surface area contributed by atoms with E-state index in [0.29, 0.717) is 0 Å². The van der Waals surface area contributed by atoms with E-state index < -0.39 is 0 Å². The molecule has 1 aliphatic heterocycles. The van der Waals surface area contributed by atoms with Crippen molar-refractivity contribution in [2.75, 3.05) is 0 Å². The highest BCUT2D eigenvalue weighted by Gasteiger charge is 2.14. The SMILES string of the molecule is c1cnc2c(c1)nc1n2CCCC1. The molecule has 0 saturated heterocycles. The molecule has 0 atom stereocenters. The molecule has 3 nitrogen and oxygen atoms in total. The van der Waals surface area contributed by atoms with Crippen LogP contribution in [-0.4, -0.2) is 14.5 Å². The van der Waals surface area contributed by atoms with Crippen LogP contribution in [0.15, 0.2) is 18.3 Å². The minimum atomic E-state index is 1.04. The summed E-state index contributed by atoms with van der Waals surface area (Å²) < 4.78 is 2.25. The molecule has 2 aromatic rings. The van der Waals surface area contributed by atoms with E-state index in [2.05, 4.69) is 14.5 Å². The van der Waals surface area contributed by atoms with Crippen LogP contribution in [-0.2, 0) is 13.0 Å². The summed E-state index contributed by atoms with van der Waals surface area (Å²) in [6.07, 6.45) is 5.47. The van der Waals surface area contributed by atoms with E-state index in [1.807, 2.05) is 18.3 Å². The Kier molecular flexibility index (Phi) is 1.39. The van der Waals surface area contributed by atoms with Gasteiger partial charge in [-0.05, 0) is 25.0 Å². The fourth-order valence-electron chi connectivity index (χ4n) is 1.98. The molecule has 3 heterocycles. The van der Waals surface area contributed by atoms with Crippen molar-refractivity contribution in [3.8, 4) is 0 Å². The molecule has 0 radical (unpaired) electrons. The maximum Gasteiger partial charge on any atom is 0.159 e. The summed E-state index contributed by atoms with van der Waals surface area (Å²) in [5.41, 5.74) is 2.09. The highest BCUT2D eigenvalue weighted by atomic mass is 15.1. The number of pyridine rings is 1. The van der Waals surface area contributed by atoms with Crippen LogP contribution in [0.4, 0.5) is 0 Å². The molecule has 0 saturated carbocycles. The molecule has 3 rings (SSSR count). The molecule has 0 spiro atoms. The molecule has 3 heteroatoms. The van der Waals surface area contributed by atoms with Gasteiger partial charge in [0.15, 0.2) is 5.65 Å². The monoisotopic (exact) mass is 173 g/mol. The molecule has 0 amide bonds. The van der Waals surface area contributed by atoms with Crippen molar-refractivity contribution in [1.29, 1.82) is 0 Å². The highest BCUT2D eigenvalue weighted by molar-refractivity contribution is 5.71. The van der Waals surface area contributed by atoms with E-state index in [-0.39, 0.29) is 0 Å². The standard InChI is InChI=1S/C10H11N3/c1-2-7-13-9(5-1)12-8-4-3-6-11-10(8)13/h3-4,6H,1-2,5,7H2. The van der Waals surface area contributed by atoms with Gasteiger partial charge in [-0.1, -0.05) is 0 Å². The lowest BCUT2D eigenvalue weighted by Gasteiger charge is -2.12. The maximum absolute atomic E-state index is 4.55. The fourth-order valence-corrected chi connectivity index (χ4v) is 1.98. The number of aryl methyl sites for hydroxylation is 2. The maximum atomic E-state index is 4.55. The van der Waals surface area contributed by atoms with Crippen LogP contribution in [0.3, 0.4) is 0 Å². The number of nitrogens with zero attached hydrogens (tertiary/aromatic N) is 3. The normalized spacial score (nSPS) is 16.0. The van der Waals surface area contributed by atoms with Crippen molar-refractivity contribution in [2.45, 2.75) is 25.8 Å². The summed E-state index contributed by atoms with van der Waals surface area (Å²) >= 11 is 0. The Morgan fingerprint density at radius 2 is 2.31 bits per heavy atom. The largest absolute Gasteiger partial charge is 0.313 e. The van der Waals surface area contributed by atoms with Crippen LogP contribution in [0.1, 0.15) is 18.7 Å². The number of imidazole rings is 1. The van der Waals surface area contributed by atoms with E-state index in [1.165, 1.54) is 18.7 Å². The lowest BCUT2D eigenvalue weighted by Crippen LogP contribution is -2.10. The molecule has 0 aromatic carbocycles. The van der Waals surface area contributed by atoms with Crippen molar-refractivity contribution < 1.29 is 0 Å². The minimum absolute atomic E-state index is 1.04. The van der Waals surface area contributed by atoms with Gasteiger partial charge in [0.25, 0.3) is 0 Å². The first kappa shape index (κ1) is 7.06. The van der Waals surface area contributed by atoms with Gasteiger partial charge >= 0.3 is 0 Å². The Hall–Kier alpha value is -1.38. The van der Waals surface area contributed by atoms with E-state index in [1.54, 1.807) is 0 Å². The number of rotatable bonds is 0. The Labute approximate surface area is 76.4 Å². The van der Waals surface area contributed by atoms with Crippen LogP contribution in [0.25, 0.3) is 11.2 Å². The van der Waals surface area contributed by atoms with Gasteiger partial charge in [0.1, 0.15) is 11.3 Å². The lowest BCUT2D eigenvalue weighted by molar-refractivity contribution is 0.530. The third kappa shape index (κ3) is 0.963. The Balaban J connectivity index is 2.34. The van der Waals surface area contributed by atoms with E-state index in [4.69, 9.17) is 0 Å². The van der Waals surface area contributed by atoms with Crippen molar-refractivity contribution in [3.63, 3.8) is 0 Å². The molecule has 0 aliphatic carbocycles. The molecule has 0 fully saturated rings. The average Bonchev–Trinajstić information content (AvgIpc) is 2.56. The molecule has 2 aromatic heterocycles. The molecule has 66 valence electrons. The smallest absolute Gasteiger partial charge is 0.159 e. The van der Waals surface area contributed by atoms with E-state index >= 15 is 0 Å². The zero-order valence-corrected chi connectivity index (χ0v) is 7.40. The Morgan fingerprint density at radius 1 is 1.31 bits per heavy atom. The molecule has 0 N–H and O–H groups in total. The first-order valence-electron chi connectivity index (χ1n) is 4.75. The van der Waals surface area contributed by atoms with Crippen LogP contribution in [0.2, 0.25) is 0 Å². The average molecular weight is 173 g/mol. The van der Waals surface area contributed by atoms with Crippen molar-refractivity contribution in [1.82, 2.24) is 14.5 Å². The van der Waals surface area contributed by atoms with Gasteiger partial charge < -0.3 is 4.57 Å². The van der Waals surface area contributed by atoms with Crippen molar-refractivity contribution >= 4 is 11.2 Å². The lowest BCUT2D eigenvalue weighted by atomic mass is 10.2. The Bertz CT molecular complexity index is 444.